The summed E-state index contributed by atoms with van der Waals surface area (Å²) in [5.74, 6) is -0.300. The van der Waals surface area contributed by atoms with E-state index in [1.165, 1.54) is 4.88 Å². The van der Waals surface area contributed by atoms with Crippen LogP contribution in [0.2, 0.25) is 0 Å². The van der Waals surface area contributed by atoms with Gasteiger partial charge in [-0.25, -0.2) is 0 Å². The van der Waals surface area contributed by atoms with E-state index in [2.05, 4.69) is 0 Å². The number of rotatable bonds is 4. The lowest BCUT2D eigenvalue weighted by molar-refractivity contribution is -0.126. The second kappa shape index (κ2) is 4.33. The second-order valence-corrected chi connectivity index (χ2v) is 5.83. The molecule has 1 aromatic rings. The highest BCUT2D eigenvalue weighted by Gasteiger charge is 2.28. The smallest absolute Gasteiger partial charge is 0.223 e. The van der Waals surface area contributed by atoms with Crippen LogP contribution in [0.1, 0.15) is 36.1 Å². The molecule has 84 valence electrons. The molecule has 1 heterocycles. The summed E-state index contributed by atoms with van der Waals surface area (Å²) in [7, 11) is 0. The van der Waals surface area contributed by atoms with Gasteiger partial charge in [0.2, 0.25) is 5.91 Å². The Morgan fingerprint density at radius 3 is 2.53 bits per heavy atom. The lowest BCUT2D eigenvalue weighted by atomic mass is 9.85. The van der Waals surface area contributed by atoms with Gasteiger partial charge in [0.25, 0.3) is 0 Å². The van der Waals surface area contributed by atoms with Gasteiger partial charge in [0.1, 0.15) is 0 Å². The number of aryl methyl sites for hydroxylation is 1. The summed E-state index contributed by atoms with van der Waals surface area (Å²) in [6, 6.07) is 3.95. The van der Waals surface area contributed by atoms with Crippen LogP contribution in [0, 0.1) is 12.3 Å². The minimum atomic E-state index is -0.544. The first-order valence-corrected chi connectivity index (χ1v) is 5.76. The van der Waals surface area contributed by atoms with Gasteiger partial charge in [-0.1, -0.05) is 13.8 Å². The average Bonchev–Trinajstić information content (AvgIpc) is 2.50. The molecular formula is C11H18N2OS. The molecule has 4 N–H and O–H groups in total. The topological polar surface area (TPSA) is 69.1 Å². The highest BCUT2D eigenvalue weighted by molar-refractivity contribution is 7.12. The normalized spacial score (nSPS) is 13.9. The molecule has 1 unspecified atom stereocenters. The van der Waals surface area contributed by atoms with E-state index in [0.29, 0.717) is 6.42 Å². The Morgan fingerprint density at radius 2 is 2.13 bits per heavy atom. The zero-order chi connectivity index (χ0) is 11.6. The highest BCUT2D eigenvalue weighted by Crippen LogP contribution is 2.31. The van der Waals surface area contributed by atoms with Crippen molar-refractivity contribution < 1.29 is 4.79 Å². The van der Waals surface area contributed by atoms with Crippen molar-refractivity contribution in [2.45, 2.75) is 33.2 Å². The molecule has 3 nitrogen and oxygen atoms in total. The third-order valence-corrected chi connectivity index (χ3v) is 3.66. The lowest BCUT2D eigenvalue weighted by Crippen LogP contribution is -2.34. The molecule has 0 fully saturated rings. The van der Waals surface area contributed by atoms with Gasteiger partial charge in [-0.15, -0.1) is 11.3 Å². The molecule has 0 bridgehead atoms. The predicted molar refractivity (Wildman–Crippen MR) is 63.6 cm³/mol. The summed E-state index contributed by atoms with van der Waals surface area (Å²) in [6.45, 7) is 5.70. The van der Waals surface area contributed by atoms with Crippen LogP contribution in [0.4, 0.5) is 0 Å². The number of thiophene rings is 1. The third kappa shape index (κ3) is 3.04. The van der Waals surface area contributed by atoms with Gasteiger partial charge < -0.3 is 11.5 Å². The first-order valence-electron chi connectivity index (χ1n) is 4.95. The molecule has 0 spiro atoms. The first-order chi connectivity index (χ1) is 6.83. The Kier molecular flexibility index (Phi) is 3.52. The standard InChI is InChI=1S/C11H18N2OS/c1-7-4-5-9(15-7)8(12)6-11(2,3)10(13)14/h4-5,8H,6,12H2,1-3H3,(H2,13,14). The number of carbonyl (C=O) groups excluding carboxylic acids is 1. The second-order valence-electron chi connectivity index (χ2n) is 4.51. The molecule has 1 atom stereocenters. The molecule has 1 rings (SSSR count). The van der Waals surface area contributed by atoms with Crippen molar-refractivity contribution in [1.82, 2.24) is 0 Å². The van der Waals surface area contributed by atoms with Crippen LogP contribution < -0.4 is 11.5 Å². The summed E-state index contributed by atoms with van der Waals surface area (Å²) >= 11 is 1.67. The molecular weight excluding hydrogens is 208 g/mol. The summed E-state index contributed by atoms with van der Waals surface area (Å²) < 4.78 is 0. The quantitative estimate of drug-likeness (QED) is 0.824. The molecule has 1 amide bonds. The molecule has 1 aromatic heterocycles. The van der Waals surface area contributed by atoms with Crippen LogP contribution >= 0.6 is 11.3 Å². The van der Waals surface area contributed by atoms with Gasteiger partial charge in [-0.3, -0.25) is 4.79 Å². The Labute approximate surface area is 94.5 Å². The minimum absolute atomic E-state index is 0.105. The number of nitrogens with two attached hydrogens (primary N) is 2. The van der Waals surface area contributed by atoms with Gasteiger partial charge in [0, 0.05) is 21.2 Å². The van der Waals surface area contributed by atoms with E-state index in [-0.39, 0.29) is 11.9 Å². The van der Waals surface area contributed by atoms with E-state index in [4.69, 9.17) is 11.5 Å². The third-order valence-electron chi connectivity index (χ3n) is 2.52. The summed E-state index contributed by atoms with van der Waals surface area (Å²) in [5, 5.41) is 0. The molecule has 0 aliphatic rings. The predicted octanol–water partition coefficient (Wildman–Crippen LogP) is 1.96. The first kappa shape index (κ1) is 12.2. The maximum atomic E-state index is 11.2. The minimum Gasteiger partial charge on any atom is -0.369 e. The number of amides is 1. The fraction of sp³-hybridized carbons (Fsp3) is 0.545. The molecule has 4 heteroatoms. The van der Waals surface area contributed by atoms with Crippen molar-refractivity contribution in [2.75, 3.05) is 0 Å². The number of carbonyl (C=O) groups is 1. The van der Waals surface area contributed by atoms with Crippen LogP contribution in [0.15, 0.2) is 12.1 Å². The van der Waals surface area contributed by atoms with Crippen molar-refractivity contribution in [1.29, 1.82) is 0 Å². The summed E-state index contributed by atoms with van der Waals surface area (Å²) in [6.07, 6.45) is 0.586. The van der Waals surface area contributed by atoms with Crippen molar-refractivity contribution in [3.8, 4) is 0 Å². The molecule has 0 aliphatic heterocycles. The maximum absolute atomic E-state index is 11.2. The van der Waals surface area contributed by atoms with E-state index in [9.17, 15) is 4.79 Å². The van der Waals surface area contributed by atoms with E-state index in [1.54, 1.807) is 11.3 Å². The number of hydrogen-bond donors (Lipinski definition) is 2. The van der Waals surface area contributed by atoms with Crippen molar-refractivity contribution >= 4 is 17.2 Å². The molecule has 0 aliphatic carbocycles. The van der Waals surface area contributed by atoms with E-state index in [0.717, 1.165) is 4.88 Å². The Morgan fingerprint density at radius 1 is 1.53 bits per heavy atom. The van der Waals surface area contributed by atoms with Gasteiger partial charge >= 0.3 is 0 Å². The van der Waals surface area contributed by atoms with Crippen LogP contribution in [-0.4, -0.2) is 5.91 Å². The number of primary amides is 1. The largest absolute Gasteiger partial charge is 0.369 e. The molecule has 0 aromatic carbocycles. The fourth-order valence-corrected chi connectivity index (χ4v) is 2.28. The van der Waals surface area contributed by atoms with Crippen LogP contribution in [0.5, 0.6) is 0 Å². The summed E-state index contributed by atoms with van der Waals surface area (Å²) in [5.41, 5.74) is 10.8. The van der Waals surface area contributed by atoms with Crippen LogP contribution in [0.3, 0.4) is 0 Å². The zero-order valence-electron chi connectivity index (χ0n) is 9.41. The highest BCUT2D eigenvalue weighted by atomic mass is 32.1. The van der Waals surface area contributed by atoms with Gasteiger partial charge in [-0.2, -0.15) is 0 Å². The lowest BCUT2D eigenvalue weighted by Gasteiger charge is -2.23. The van der Waals surface area contributed by atoms with Crippen molar-refractivity contribution in [3.63, 3.8) is 0 Å². The molecule has 0 saturated heterocycles. The van der Waals surface area contributed by atoms with Gasteiger partial charge in [0.15, 0.2) is 0 Å². The molecule has 0 radical (unpaired) electrons. The van der Waals surface area contributed by atoms with Crippen molar-refractivity contribution in [2.24, 2.45) is 16.9 Å². The van der Waals surface area contributed by atoms with Gasteiger partial charge in [0.05, 0.1) is 0 Å². The Hall–Kier alpha value is -0.870. The Balaban J connectivity index is 2.71. The number of hydrogen-bond acceptors (Lipinski definition) is 3. The van der Waals surface area contributed by atoms with E-state index < -0.39 is 5.41 Å². The molecule has 0 saturated carbocycles. The monoisotopic (exact) mass is 226 g/mol. The SMILES string of the molecule is Cc1ccc(C(N)CC(C)(C)C(N)=O)s1. The van der Waals surface area contributed by atoms with Crippen LogP contribution in [-0.2, 0) is 4.79 Å². The maximum Gasteiger partial charge on any atom is 0.223 e. The van der Waals surface area contributed by atoms with Crippen molar-refractivity contribution in [3.05, 3.63) is 21.9 Å². The molecule has 15 heavy (non-hydrogen) atoms. The summed E-state index contributed by atoms with van der Waals surface area (Å²) in [4.78, 5) is 13.5. The zero-order valence-corrected chi connectivity index (χ0v) is 10.2. The Bertz CT molecular complexity index is 357. The van der Waals surface area contributed by atoms with Crippen LogP contribution in [0.25, 0.3) is 0 Å². The fourth-order valence-electron chi connectivity index (χ4n) is 1.40. The van der Waals surface area contributed by atoms with E-state index in [1.807, 2.05) is 32.9 Å². The van der Waals surface area contributed by atoms with Gasteiger partial charge in [-0.05, 0) is 25.5 Å². The van der Waals surface area contributed by atoms with E-state index >= 15 is 0 Å². The average molecular weight is 226 g/mol.